The second-order valence-electron chi connectivity index (χ2n) is 7.63. The number of hydrogen-bond acceptors (Lipinski definition) is 7. The molecule has 0 radical (unpaired) electrons. The largest absolute Gasteiger partial charge is 0.462 e. The summed E-state index contributed by atoms with van der Waals surface area (Å²) in [4.78, 5) is 26.8. The van der Waals surface area contributed by atoms with Crippen molar-refractivity contribution >= 4 is 38.2 Å². The fourth-order valence-electron chi connectivity index (χ4n) is 3.98. The summed E-state index contributed by atoms with van der Waals surface area (Å²) in [5.74, 6) is -0.904. The minimum absolute atomic E-state index is 0.0585. The maximum Gasteiger partial charge on any atom is 0.341 e. The number of esters is 1. The highest BCUT2D eigenvalue weighted by atomic mass is 32.2. The maximum atomic E-state index is 13.0. The van der Waals surface area contributed by atoms with E-state index in [1.807, 2.05) is 0 Å². The second kappa shape index (κ2) is 9.70. The Morgan fingerprint density at radius 2 is 1.94 bits per heavy atom. The number of amides is 1. The number of rotatable bonds is 6. The van der Waals surface area contributed by atoms with Crippen LogP contribution in [0.15, 0.2) is 29.2 Å². The van der Waals surface area contributed by atoms with Crippen LogP contribution in [-0.4, -0.2) is 57.5 Å². The lowest BCUT2D eigenvalue weighted by molar-refractivity contribution is 0.0526. The van der Waals surface area contributed by atoms with E-state index in [0.29, 0.717) is 23.8 Å². The van der Waals surface area contributed by atoms with Crippen LogP contribution < -0.4 is 5.32 Å². The van der Waals surface area contributed by atoms with Crippen molar-refractivity contribution in [2.45, 2.75) is 37.5 Å². The highest BCUT2D eigenvalue weighted by Gasteiger charge is 2.29. The molecule has 2 heterocycles. The number of nitrogens with zero attached hydrogens (tertiary/aromatic N) is 1. The Morgan fingerprint density at radius 1 is 1.19 bits per heavy atom. The molecule has 1 aliphatic carbocycles. The van der Waals surface area contributed by atoms with Gasteiger partial charge in [-0.3, -0.25) is 4.79 Å². The number of thiophene rings is 1. The standard InChI is InChI=1S/C22H26N2O6S2/c1-2-30-22(26)19-17-8-3-4-9-18(17)31-21(19)23-20(25)15-6-5-7-16(14-15)32(27,28)24-10-12-29-13-11-24/h5-7,14H,2-4,8-13H2,1H3,(H,23,25). The first-order valence-corrected chi connectivity index (χ1v) is 13.0. The van der Waals surface area contributed by atoms with Crippen molar-refractivity contribution in [2.24, 2.45) is 0 Å². The molecule has 1 N–H and O–H groups in total. The Bertz CT molecular complexity index is 1120. The van der Waals surface area contributed by atoms with E-state index >= 15 is 0 Å². The Kier molecular flexibility index (Phi) is 6.94. The Morgan fingerprint density at radius 3 is 2.69 bits per heavy atom. The number of carbonyl (C=O) groups excluding carboxylic acids is 2. The first-order valence-electron chi connectivity index (χ1n) is 10.7. The Labute approximate surface area is 191 Å². The minimum Gasteiger partial charge on any atom is -0.462 e. The molecule has 0 unspecified atom stereocenters. The van der Waals surface area contributed by atoms with E-state index in [0.717, 1.165) is 36.1 Å². The number of hydrogen-bond donors (Lipinski definition) is 1. The van der Waals surface area contributed by atoms with Crippen molar-refractivity contribution in [2.75, 3.05) is 38.2 Å². The Hall–Kier alpha value is -2.27. The number of ether oxygens (including phenoxy) is 2. The van der Waals surface area contributed by atoms with Crippen molar-refractivity contribution in [3.63, 3.8) is 0 Å². The highest BCUT2D eigenvalue weighted by Crippen LogP contribution is 2.38. The summed E-state index contributed by atoms with van der Waals surface area (Å²) in [5.41, 5.74) is 1.59. The molecule has 0 bridgehead atoms. The van der Waals surface area contributed by atoms with Crippen LogP contribution in [0.1, 0.15) is 50.9 Å². The Balaban J connectivity index is 1.61. The molecule has 1 aromatic carbocycles. The van der Waals surface area contributed by atoms with Gasteiger partial charge in [-0.1, -0.05) is 6.07 Å². The molecule has 1 fully saturated rings. The maximum absolute atomic E-state index is 13.0. The van der Waals surface area contributed by atoms with Crippen LogP contribution in [0, 0.1) is 0 Å². The molecule has 2 aromatic rings. The number of morpholine rings is 1. The van der Waals surface area contributed by atoms with Gasteiger partial charge >= 0.3 is 5.97 Å². The van der Waals surface area contributed by atoms with Crippen LogP contribution >= 0.6 is 11.3 Å². The van der Waals surface area contributed by atoms with Gasteiger partial charge in [-0.15, -0.1) is 11.3 Å². The SMILES string of the molecule is CCOC(=O)c1c(NC(=O)c2cccc(S(=O)(=O)N3CCOCC3)c2)sc2c1CCCC2. The van der Waals surface area contributed by atoms with Gasteiger partial charge in [0, 0.05) is 23.5 Å². The van der Waals surface area contributed by atoms with Gasteiger partial charge in [0.25, 0.3) is 5.91 Å². The van der Waals surface area contributed by atoms with E-state index < -0.39 is 21.9 Å². The van der Waals surface area contributed by atoms with Crippen LogP contribution in [0.25, 0.3) is 0 Å². The first-order chi connectivity index (χ1) is 15.4. The van der Waals surface area contributed by atoms with E-state index in [1.54, 1.807) is 19.1 Å². The van der Waals surface area contributed by atoms with Crippen molar-refractivity contribution in [1.82, 2.24) is 4.31 Å². The molecule has 10 heteroatoms. The van der Waals surface area contributed by atoms with E-state index in [4.69, 9.17) is 9.47 Å². The summed E-state index contributed by atoms with van der Waals surface area (Å²) in [6, 6.07) is 5.96. The summed E-state index contributed by atoms with van der Waals surface area (Å²) in [5, 5.41) is 3.29. The number of nitrogens with one attached hydrogen (secondary N) is 1. The molecular formula is C22H26N2O6S2. The average Bonchev–Trinajstić information content (AvgIpc) is 3.17. The molecule has 0 spiro atoms. The van der Waals surface area contributed by atoms with Gasteiger partial charge in [0.2, 0.25) is 10.0 Å². The minimum atomic E-state index is -3.72. The molecule has 1 aromatic heterocycles. The molecule has 0 saturated carbocycles. The predicted molar refractivity (Wildman–Crippen MR) is 121 cm³/mol. The third-order valence-electron chi connectivity index (χ3n) is 5.58. The monoisotopic (exact) mass is 478 g/mol. The van der Waals surface area contributed by atoms with Crippen LogP contribution in [0.4, 0.5) is 5.00 Å². The van der Waals surface area contributed by atoms with Gasteiger partial charge in [-0.05, 0) is 56.4 Å². The molecule has 32 heavy (non-hydrogen) atoms. The lowest BCUT2D eigenvalue weighted by Crippen LogP contribution is -2.40. The summed E-state index contributed by atoms with van der Waals surface area (Å²) in [6.45, 7) is 3.25. The summed E-state index contributed by atoms with van der Waals surface area (Å²) in [7, 11) is -3.72. The number of fused-ring (bicyclic) bond motifs is 1. The zero-order valence-electron chi connectivity index (χ0n) is 17.9. The zero-order chi connectivity index (χ0) is 22.7. The van der Waals surface area contributed by atoms with Crippen LogP contribution in [0.5, 0.6) is 0 Å². The second-order valence-corrected chi connectivity index (χ2v) is 10.7. The zero-order valence-corrected chi connectivity index (χ0v) is 19.5. The molecule has 0 atom stereocenters. The smallest absolute Gasteiger partial charge is 0.341 e. The van der Waals surface area contributed by atoms with E-state index in [-0.39, 0.29) is 30.2 Å². The number of carbonyl (C=O) groups is 2. The first kappa shape index (κ1) is 22.9. The highest BCUT2D eigenvalue weighted by molar-refractivity contribution is 7.89. The fraction of sp³-hybridized carbons (Fsp3) is 0.455. The van der Waals surface area contributed by atoms with E-state index in [2.05, 4.69) is 5.32 Å². The molecular weight excluding hydrogens is 452 g/mol. The normalized spacial score (nSPS) is 16.9. The topological polar surface area (TPSA) is 102 Å². The van der Waals surface area contributed by atoms with Gasteiger partial charge in [0.05, 0.1) is 30.3 Å². The molecule has 1 aliphatic heterocycles. The summed E-state index contributed by atoms with van der Waals surface area (Å²) in [6.07, 6.45) is 3.69. The van der Waals surface area contributed by atoms with Gasteiger partial charge in [-0.25, -0.2) is 13.2 Å². The molecule has 172 valence electrons. The average molecular weight is 479 g/mol. The van der Waals surface area contributed by atoms with Crippen molar-refractivity contribution < 1.29 is 27.5 Å². The third-order valence-corrected chi connectivity index (χ3v) is 8.68. The van der Waals surface area contributed by atoms with Crippen molar-refractivity contribution in [3.05, 3.63) is 45.8 Å². The van der Waals surface area contributed by atoms with E-state index in [1.165, 1.54) is 27.8 Å². The number of sulfonamides is 1. The lowest BCUT2D eigenvalue weighted by atomic mass is 9.95. The van der Waals surface area contributed by atoms with Gasteiger partial charge in [0.1, 0.15) is 5.00 Å². The number of benzene rings is 1. The van der Waals surface area contributed by atoms with Gasteiger partial charge in [-0.2, -0.15) is 4.31 Å². The summed E-state index contributed by atoms with van der Waals surface area (Å²) < 4.78 is 37.7. The molecule has 1 saturated heterocycles. The lowest BCUT2D eigenvalue weighted by Gasteiger charge is -2.26. The van der Waals surface area contributed by atoms with E-state index in [9.17, 15) is 18.0 Å². The third kappa shape index (κ3) is 4.59. The van der Waals surface area contributed by atoms with Crippen LogP contribution in [0.2, 0.25) is 0 Å². The van der Waals surface area contributed by atoms with Gasteiger partial charge < -0.3 is 14.8 Å². The van der Waals surface area contributed by atoms with Crippen molar-refractivity contribution in [1.29, 1.82) is 0 Å². The molecule has 1 amide bonds. The van der Waals surface area contributed by atoms with Crippen molar-refractivity contribution in [3.8, 4) is 0 Å². The number of anilines is 1. The molecule has 8 nitrogen and oxygen atoms in total. The summed E-state index contributed by atoms with van der Waals surface area (Å²) >= 11 is 1.40. The van der Waals surface area contributed by atoms with Crippen LogP contribution in [-0.2, 0) is 32.3 Å². The molecule has 4 rings (SSSR count). The number of aryl methyl sites for hydroxylation is 1. The van der Waals surface area contributed by atoms with Gasteiger partial charge in [0.15, 0.2) is 0 Å². The quantitative estimate of drug-likeness (QED) is 0.640. The molecule has 2 aliphatic rings. The predicted octanol–water partition coefficient (Wildman–Crippen LogP) is 3.08. The van der Waals surface area contributed by atoms with Crippen LogP contribution in [0.3, 0.4) is 0 Å². The fourth-order valence-corrected chi connectivity index (χ4v) is 6.71.